The number of carbonyl (C=O) groups excluding carboxylic acids is 1. The number of pyridine rings is 1. The van der Waals surface area contributed by atoms with Crippen molar-refractivity contribution in [2.75, 3.05) is 19.6 Å². The van der Waals surface area contributed by atoms with Crippen molar-refractivity contribution in [3.63, 3.8) is 0 Å². The molecule has 2 saturated heterocycles. The SMILES string of the molecule is O=C1N(Cc2cccnc2)CC[C@]12CCN(Cc1ccoc1)C2. The topological polar surface area (TPSA) is 49.6 Å². The van der Waals surface area contributed by atoms with Gasteiger partial charge in [0.2, 0.25) is 5.91 Å². The third kappa shape index (κ3) is 2.77. The van der Waals surface area contributed by atoms with Crippen LogP contribution in [0.25, 0.3) is 0 Å². The minimum atomic E-state index is -0.175. The maximum absolute atomic E-state index is 12.9. The van der Waals surface area contributed by atoms with Crippen molar-refractivity contribution in [2.24, 2.45) is 5.41 Å². The lowest BCUT2D eigenvalue weighted by molar-refractivity contribution is -0.136. The van der Waals surface area contributed by atoms with Gasteiger partial charge in [0.25, 0.3) is 0 Å². The van der Waals surface area contributed by atoms with Crippen LogP contribution in [0.3, 0.4) is 0 Å². The Morgan fingerprint density at radius 2 is 2.09 bits per heavy atom. The van der Waals surface area contributed by atoms with Crippen molar-refractivity contribution in [1.82, 2.24) is 14.8 Å². The van der Waals surface area contributed by atoms with E-state index in [9.17, 15) is 4.79 Å². The zero-order chi connectivity index (χ0) is 15.7. The van der Waals surface area contributed by atoms with Gasteiger partial charge in [0.05, 0.1) is 17.9 Å². The molecule has 2 aromatic rings. The first-order valence-corrected chi connectivity index (χ1v) is 8.17. The van der Waals surface area contributed by atoms with Gasteiger partial charge in [-0.25, -0.2) is 0 Å². The number of hydrogen-bond donors (Lipinski definition) is 0. The van der Waals surface area contributed by atoms with E-state index in [0.29, 0.717) is 12.5 Å². The molecule has 1 spiro atoms. The van der Waals surface area contributed by atoms with Gasteiger partial charge < -0.3 is 9.32 Å². The summed E-state index contributed by atoms with van der Waals surface area (Å²) in [4.78, 5) is 21.5. The molecule has 2 aliphatic heterocycles. The molecule has 5 nitrogen and oxygen atoms in total. The summed E-state index contributed by atoms with van der Waals surface area (Å²) in [6.07, 6.45) is 9.04. The van der Waals surface area contributed by atoms with E-state index in [2.05, 4.69) is 9.88 Å². The predicted molar refractivity (Wildman–Crippen MR) is 85.3 cm³/mol. The maximum Gasteiger partial charge on any atom is 0.230 e. The van der Waals surface area contributed by atoms with Crippen molar-refractivity contribution >= 4 is 5.91 Å². The van der Waals surface area contributed by atoms with E-state index in [-0.39, 0.29) is 5.41 Å². The van der Waals surface area contributed by atoms with Crippen LogP contribution < -0.4 is 0 Å². The van der Waals surface area contributed by atoms with E-state index in [4.69, 9.17) is 4.42 Å². The van der Waals surface area contributed by atoms with Crippen molar-refractivity contribution in [1.29, 1.82) is 0 Å². The molecule has 0 saturated carbocycles. The lowest BCUT2D eigenvalue weighted by Crippen LogP contribution is -2.36. The number of hydrogen-bond acceptors (Lipinski definition) is 4. The summed E-state index contributed by atoms with van der Waals surface area (Å²) in [5.74, 6) is 0.316. The zero-order valence-corrected chi connectivity index (χ0v) is 13.1. The van der Waals surface area contributed by atoms with E-state index in [1.54, 1.807) is 18.7 Å². The normalized spacial score (nSPS) is 24.9. The molecule has 2 aromatic heterocycles. The van der Waals surface area contributed by atoms with Crippen molar-refractivity contribution in [2.45, 2.75) is 25.9 Å². The van der Waals surface area contributed by atoms with Crippen LogP contribution in [0.1, 0.15) is 24.0 Å². The maximum atomic E-state index is 12.9. The van der Waals surface area contributed by atoms with Crippen LogP contribution in [0.5, 0.6) is 0 Å². The number of furan rings is 1. The van der Waals surface area contributed by atoms with Gasteiger partial charge in [0.15, 0.2) is 0 Å². The van der Waals surface area contributed by atoms with Gasteiger partial charge in [-0.15, -0.1) is 0 Å². The van der Waals surface area contributed by atoms with E-state index in [1.807, 2.05) is 29.3 Å². The summed E-state index contributed by atoms with van der Waals surface area (Å²) in [5.41, 5.74) is 2.11. The summed E-state index contributed by atoms with van der Waals surface area (Å²) in [7, 11) is 0. The van der Waals surface area contributed by atoms with Gasteiger partial charge in [-0.05, 0) is 37.1 Å². The van der Waals surface area contributed by atoms with Crippen LogP contribution >= 0.6 is 0 Å². The van der Waals surface area contributed by atoms with Crippen LogP contribution in [0, 0.1) is 5.41 Å². The van der Waals surface area contributed by atoms with Gasteiger partial charge in [-0.2, -0.15) is 0 Å². The second kappa shape index (κ2) is 5.81. The summed E-state index contributed by atoms with van der Waals surface area (Å²) in [6.45, 7) is 4.25. The summed E-state index contributed by atoms with van der Waals surface area (Å²) in [5, 5.41) is 0. The van der Waals surface area contributed by atoms with E-state index >= 15 is 0 Å². The fourth-order valence-corrected chi connectivity index (χ4v) is 3.87. The van der Waals surface area contributed by atoms with Gasteiger partial charge in [-0.3, -0.25) is 14.7 Å². The second-order valence-electron chi connectivity index (χ2n) is 6.71. The molecule has 120 valence electrons. The Labute approximate surface area is 135 Å². The first-order valence-electron chi connectivity index (χ1n) is 8.17. The lowest BCUT2D eigenvalue weighted by Gasteiger charge is -2.23. The predicted octanol–water partition coefficient (Wildman–Crippen LogP) is 2.30. The summed E-state index contributed by atoms with van der Waals surface area (Å²) >= 11 is 0. The minimum absolute atomic E-state index is 0.175. The molecule has 5 heteroatoms. The molecule has 23 heavy (non-hydrogen) atoms. The van der Waals surface area contributed by atoms with Crippen LogP contribution in [-0.2, 0) is 17.9 Å². The number of likely N-dealkylation sites (tertiary alicyclic amines) is 2. The van der Waals surface area contributed by atoms with Gasteiger partial charge in [0, 0.05) is 44.1 Å². The lowest BCUT2D eigenvalue weighted by atomic mass is 9.85. The largest absolute Gasteiger partial charge is 0.472 e. The number of rotatable bonds is 4. The Morgan fingerprint density at radius 1 is 1.17 bits per heavy atom. The molecule has 0 aliphatic carbocycles. The highest BCUT2D eigenvalue weighted by molar-refractivity contribution is 5.85. The monoisotopic (exact) mass is 311 g/mol. The first-order chi connectivity index (χ1) is 11.3. The third-order valence-corrected chi connectivity index (χ3v) is 5.12. The van der Waals surface area contributed by atoms with E-state index in [0.717, 1.165) is 44.6 Å². The highest BCUT2D eigenvalue weighted by Crippen LogP contribution is 2.41. The zero-order valence-electron chi connectivity index (χ0n) is 13.1. The Balaban J connectivity index is 1.41. The van der Waals surface area contributed by atoms with E-state index in [1.165, 1.54) is 5.56 Å². The Bertz CT molecular complexity index is 671. The first kappa shape index (κ1) is 14.5. The average molecular weight is 311 g/mol. The molecule has 1 atom stereocenters. The molecule has 2 fully saturated rings. The molecule has 0 aromatic carbocycles. The number of amides is 1. The molecule has 0 radical (unpaired) electrons. The highest BCUT2D eigenvalue weighted by atomic mass is 16.3. The minimum Gasteiger partial charge on any atom is -0.472 e. The van der Waals surface area contributed by atoms with Crippen molar-refractivity contribution < 1.29 is 9.21 Å². The highest BCUT2D eigenvalue weighted by Gasteiger charge is 2.50. The quantitative estimate of drug-likeness (QED) is 0.869. The van der Waals surface area contributed by atoms with Crippen LogP contribution in [-0.4, -0.2) is 40.3 Å². The molecule has 2 aliphatic rings. The average Bonchev–Trinajstić information content (AvgIpc) is 3.28. The number of carbonyl (C=O) groups is 1. The summed E-state index contributed by atoms with van der Waals surface area (Å²) in [6, 6.07) is 5.95. The molecule has 1 amide bonds. The third-order valence-electron chi connectivity index (χ3n) is 5.12. The Morgan fingerprint density at radius 3 is 2.87 bits per heavy atom. The number of nitrogens with zero attached hydrogens (tertiary/aromatic N) is 3. The standard InChI is InChI=1S/C18H21N3O2/c22-17-18(4-7-20(14-18)11-16-3-9-23-13-16)5-8-21(17)12-15-2-1-6-19-10-15/h1-3,6,9-10,13H,4-5,7-8,11-12,14H2/t18-/m0/s1. The number of aromatic nitrogens is 1. The fraction of sp³-hybridized carbons (Fsp3) is 0.444. The van der Waals surface area contributed by atoms with Gasteiger partial charge >= 0.3 is 0 Å². The molecule has 0 unspecified atom stereocenters. The van der Waals surface area contributed by atoms with Crippen molar-refractivity contribution in [3.8, 4) is 0 Å². The van der Waals surface area contributed by atoms with Crippen LogP contribution in [0.2, 0.25) is 0 Å². The fourth-order valence-electron chi connectivity index (χ4n) is 3.87. The summed E-state index contributed by atoms with van der Waals surface area (Å²) < 4.78 is 5.14. The molecule has 0 bridgehead atoms. The van der Waals surface area contributed by atoms with E-state index < -0.39 is 0 Å². The molecule has 4 heterocycles. The van der Waals surface area contributed by atoms with Crippen LogP contribution in [0.15, 0.2) is 47.5 Å². The molecule has 4 rings (SSSR count). The smallest absolute Gasteiger partial charge is 0.230 e. The van der Waals surface area contributed by atoms with Gasteiger partial charge in [0.1, 0.15) is 0 Å². The second-order valence-corrected chi connectivity index (χ2v) is 6.71. The molecular formula is C18H21N3O2. The Hall–Kier alpha value is -2.14. The van der Waals surface area contributed by atoms with Crippen molar-refractivity contribution in [3.05, 3.63) is 54.2 Å². The van der Waals surface area contributed by atoms with Crippen LogP contribution in [0.4, 0.5) is 0 Å². The molecular weight excluding hydrogens is 290 g/mol. The van der Waals surface area contributed by atoms with Gasteiger partial charge in [-0.1, -0.05) is 6.07 Å². The Kier molecular flexibility index (Phi) is 3.65. The molecule has 0 N–H and O–H groups in total.